The third-order valence-corrected chi connectivity index (χ3v) is 1.75. The van der Waals surface area contributed by atoms with Crippen molar-refractivity contribution in [3.8, 4) is 0 Å². The van der Waals surface area contributed by atoms with Gasteiger partial charge in [-0.05, 0) is 25.3 Å². The predicted molar refractivity (Wildman–Crippen MR) is 54.9 cm³/mol. The molecule has 13 heavy (non-hydrogen) atoms. The molecule has 3 nitrogen and oxygen atoms in total. The molecule has 0 aliphatic heterocycles. The molecule has 1 aromatic heterocycles. The van der Waals surface area contributed by atoms with E-state index in [0.29, 0.717) is 5.92 Å². The Balaban J connectivity index is 2.88. The molecule has 0 saturated carbocycles. The zero-order valence-electron chi connectivity index (χ0n) is 8.76. The summed E-state index contributed by atoms with van der Waals surface area (Å²) in [6.07, 6.45) is 1.01. The van der Waals surface area contributed by atoms with Crippen LogP contribution in [0.1, 0.15) is 25.2 Å². The van der Waals surface area contributed by atoms with Crippen LogP contribution in [0.3, 0.4) is 0 Å². The van der Waals surface area contributed by atoms with Gasteiger partial charge in [-0.1, -0.05) is 13.8 Å². The highest BCUT2D eigenvalue weighted by molar-refractivity contribution is 5.26. The molecule has 0 bridgehead atoms. The first-order valence-corrected chi connectivity index (χ1v) is 4.64. The van der Waals surface area contributed by atoms with Gasteiger partial charge in [-0.25, -0.2) is 9.97 Å². The van der Waals surface area contributed by atoms with Crippen LogP contribution in [0.15, 0.2) is 6.07 Å². The van der Waals surface area contributed by atoms with Gasteiger partial charge in [0.2, 0.25) is 5.95 Å². The van der Waals surface area contributed by atoms with Crippen LogP contribution in [0.25, 0.3) is 0 Å². The van der Waals surface area contributed by atoms with Gasteiger partial charge in [0.25, 0.3) is 0 Å². The quantitative estimate of drug-likeness (QED) is 0.771. The molecule has 0 aliphatic carbocycles. The fourth-order valence-electron chi connectivity index (χ4n) is 1.27. The van der Waals surface area contributed by atoms with Crippen molar-refractivity contribution in [3.05, 3.63) is 17.5 Å². The Hall–Kier alpha value is -1.12. The van der Waals surface area contributed by atoms with E-state index >= 15 is 0 Å². The number of aromatic nitrogens is 2. The Morgan fingerprint density at radius 1 is 1.38 bits per heavy atom. The smallest absolute Gasteiger partial charge is 0.222 e. The molecule has 0 radical (unpaired) electrons. The molecule has 0 unspecified atom stereocenters. The maximum atomic E-state index is 4.37. The maximum Gasteiger partial charge on any atom is 0.222 e. The molecule has 3 heteroatoms. The normalized spacial score (nSPS) is 10.5. The summed E-state index contributed by atoms with van der Waals surface area (Å²) < 4.78 is 0. The van der Waals surface area contributed by atoms with Crippen molar-refractivity contribution in [2.24, 2.45) is 5.92 Å². The fraction of sp³-hybridized carbons (Fsp3) is 0.600. The van der Waals surface area contributed by atoms with E-state index in [1.54, 1.807) is 0 Å². The SMILES string of the molecule is CNc1nc(C)cc(CC(C)C)n1. The van der Waals surface area contributed by atoms with Crippen molar-refractivity contribution in [2.75, 3.05) is 12.4 Å². The van der Waals surface area contributed by atoms with Gasteiger partial charge in [0.1, 0.15) is 0 Å². The van der Waals surface area contributed by atoms with Crippen LogP contribution >= 0.6 is 0 Å². The first-order valence-electron chi connectivity index (χ1n) is 4.64. The minimum Gasteiger partial charge on any atom is -0.357 e. The molecule has 0 amide bonds. The van der Waals surface area contributed by atoms with Crippen LogP contribution in [-0.2, 0) is 6.42 Å². The highest BCUT2D eigenvalue weighted by atomic mass is 15.1. The minimum absolute atomic E-state index is 0.638. The third-order valence-electron chi connectivity index (χ3n) is 1.75. The van der Waals surface area contributed by atoms with Crippen LogP contribution in [0.4, 0.5) is 5.95 Å². The lowest BCUT2D eigenvalue weighted by atomic mass is 10.1. The lowest BCUT2D eigenvalue weighted by Gasteiger charge is -2.06. The average Bonchev–Trinajstić information content (AvgIpc) is 2.01. The summed E-state index contributed by atoms with van der Waals surface area (Å²) in [7, 11) is 1.84. The van der Waals surface area contributed by atoms with Crippen molar-refractivity contribution in [1.82, 2.24) is 9.97 Å². The Morgan fingerprint density at radius 2 is 2.08 bits per heavy atom. The second kappa shape index (κ2) is 4.21. The van der Waals surface area contributed by atoms with E-state index in [4.69, 9.17) is 0 Å². The van der Waals surface area contributed by atoms with Gasteiger partial charge < -0.3 is 5.32 Å². The number of rotatable bonds is 3. The highest BCUT2D eigenvalue weighted by Crippen LogP contribution is 2.09. The van der Waals surface area contributed by atoms with E-state index in [-0.39, 0.29) is 0 Å². The number of anilines is 1. The molecule has 0 aliphatic rings. The third kappa shape index (κ3) is 3.01. The van der Waals surface area contributed by atoms with Gasteiger partial charge in [0.15, 0.2) is 0 Å². The number of nitrogens with zero attached hydrogens (tertiary/aromatic N) is 2. The fourth-order valence-corrected chi connectivity index (χ4v) is 1.27. The molecular weight excluding hydrogens is 162 g/mol. The summed E-state index contributed by atoms with van der Waals surface area (Å²) >= 11 is 0. The lowest BCUT2D eigenvalue weighted by molar-refractivity contribution is 0.634. The molecule has 1 heterocycles. The first-order chi connectivity index (χ1) is 6.11. The standard InChI is InChI=1S/C10H17N3/c1-7(2)5-9-6-8(3)12-10(11-4)13-9/h6-7H,5H2,1-4H3,(H,11,12,13). The van der Waals surface area contributed by atoms with Gasteiger partial charge in [-0.2, -0.15) is 0 Å². The van der Waals surface area contributed by atoms with Gasteiger partial charge >= 0.3 is 0 Å². The number of nitrogens with one attached hydrogen (secondary N) is 1. The molecule has 1 rings (SSSR count). The summed E-state index contributed by atoms with van der Waals surface area (Å²) in [6, 6.07) is 2.04. The summed E-state index contributed by atoms with van der Waals surface area (Å²) in [4.78, 5) is 8.61. The van der Waals surface area contributed by atoms with Crippen LogP contribution < -0.4 is 5.32 Å². The van der Waals surface area contributed by atoms with Gasteiger partial charge in [-0.3, -0.25) is 0 Å². The Bertz CT molecular complexity index is 281. The monoisotopic (exact) mass is 179 g/mol. The summed E-state index contributed by atoms with van der Waals surface area (Å²) in [5, 5.41) is 2.96. The molecule has 0 fully saturated rings. The molecule has 0 spiro atoms. The largest absolute Gasteiger partial charge is 0.357 e. The molecule has 0 atom stereocenters. The summed E-state index contributed by atoms with van der Waals surface area (Å²) in [5.41, 5.74) is 2.14. The Labute approximate surface area is 79.6 Å². The number of aryl methyl sites for hydroxylation is 1. The Morgan fingerprint density at radius 3 is 2.62 bits per heavy atom. The summed E-state index contributed by atoms with van der Waals surface area (Å²) in [6.45, 7) is 6.37. The molecule has 1 N–H and O–H groups in total. The second-order valence-electron chi connectivity index (χ2n) is 3.67. The molecule has 0 saturated heterocycles. The van der Waals surface area contributed by atoms with E-state index in [9.17, 15) is 0 Å². The van der Waals surface area contributed by atoms with E-state index in [1.807, 2.05) is 20.0 Å². The van der Waals surface area contributed by atoms with Crippen LogP contribution in [-0.4, -0.2) is 17.0 Å². The maximum absolute atomic E-state index is 4.37. The van der Waals surface area contributed by atoms with Gasteiger partial charge in [0.05, 0.1) is 0 Å². The van der Waals surface area contributed by atoms with Gasteiger partial charge in [0, 0.05) is 18.4 Å². The molecule has 72 valence electrons. The Kier molecular flexibility index (Phi) is 3.23. The summed E-state index contributed by atoms with van der Waals surface area (Å²) in [5.74, 6) is 1.36. The second-order valence-corrected chi connectivity index (χ2v) is 3.67. The minimum atomic E-state index is 0.638. The van der Waals surface area contributed by atoms with E-state index < -0.39 is 0 Å². The topological polar surface area (TPSA) is 37.8 Å². The number of hydrogen-bond donors (Lipinski definition) is 1. The molecule has 1 aromatic rings. The zero-order valence-corrected chi connectivity index (χ0v) is 8.76. The zero-order chi connectivity index (χ0) is 9.84. The van der Waals surface area contributed by atoms with Crippen molar-refractivity contribution in [2.45, 2.75) is 27.2 Å². The van der Waals surface area contributed by atoms with Crippen molar-refractivity contribution in [1.29, 1.82) is 0 Å². The van der Waals surface area contributed by atoms with Crippen LogP contribution in [0.2, 0.25) is 0 Å². The first kappa shape index (κ1) is 9.96. The van der Waals surface area contributed by atoms with E-state index in [0.717, 1.165) is 23.8 Å². The average molecular weight is 179 g/mol. The van der Waals surface area contributed by atoms with Crippen molar-refractivity contribution in [3.63, 3.8) is 0 Å². The van der Waals surface area contributed by atoms with Gasteiger partial charge in [-0.15, -0.1) is 0 Å². The highest BCUT2D eigenvalue weighted by Gasteiger charge is 2.02. The van der Waals surface area contributed by atoms with E-state index in [2.05, 4.69) is 29.1 Å². The van der Waals surface area contributed by atoms with Crippen LogP contribution in [0, 0.1) is 12.8 Å². The van der Waals surface area contributed by atoms with Crippen molar-refractivity contribution < 1.29 is 0 Å². The molecular formula is C10H17N3. The predicted octanol–water partition coefficient (Wildman–Crippen LogP) is 2.03. The lowest BCUT2D eigenvalue weighted by Crippen LogP contribution is -2.04. The van der Waals surface area contributed by atoms with Crippen LogP contribution in [0.5, 0.6) is 0 Å². The number of hydrogen-bond acceptors (Lipinski definition) is 3. The molecule has 0 aromatic carbocycles. The van der Waals surface area contributed by atoms with Crippen molar-refractivity contribution >= 4 is 5.95 Å². The van der Waals surface area contributed by atoms with E-state index in [1.165, 1.54) is 0 Å².